The highest BCUT2D eigenvalue weighted by Gasteiger charge is 2.51. The minimum Gasteiger partial charge on any atom is -0.399 e. The number of nitrogens with zero attached hydrogens (tertiary/aromatic N) is 1. The first-order valence-corrected chi connectivity index (χ1v) is 12.9. The summed E-state index contributed by atoms with van der Waals surface area (Å²) in [6.45, 7) is 9.75. The van der Waals surface area contributed by atoms with Crippen LogP contribution in [0.2, 0.25) is 0 Å². The summed E-state index contributed by atoms with van der Waals surface area (Å²) < 4.78 is 27.4. The van der Waals surface area contributed by atoms with E-state index in [4.69, 9.17) is 9.31 Å². The van der Waals surface area contributed by atoms with Gasteiger partial charge in [0.05, 0.1) is 22.8 Å². The first-order valence-electron chi connectivity index (χ1n) is 12.9. The predicted molar refractivity (Wildman–Crippen MR) is 138 cm³/mol. The Morgan fingerprint density at radius 1 is 0.917 bits per heavy atom. The second kappa shape index (κ2) is 9.31. The molecule has 36 heavy (non-hydrogen) atoms. The lowest BCUT2D eigenvalue weighted by molar-refractivity contribution is -0.134. The normalized spacial score (nSPS) is 24.2. The third-order valence-electron chi connectivity index (χ3n) is 8.38. The van der Waals surface area contributed by atoms with E-state index in [0.29, 0.717) is 23.6 Å². The van der Waals surface area contributed by atoms with E-state index in [1.165, 1.54) is 11.6 Å². The van der Waals surface area contributed by atoms with Gasteiger partial charge in [0.25, 0.3) is 0 Å². The van der Waals surface area contributed by atoms with Gasteiger partial charge in [-0.1, -0.05) is 30.3 Å². The number of rotatable bonds is 4. The van der Waals surface area contributed by atoms with Gasteiger partial charge < -0.3 is 14.2 Å². The first-order chi connectivity index (χ1) is 17.0. The quantitative estimate of drug-likeness (QED) is 0.516. The molecule has 2 amide bonds. The summed E-state index contributed by atoms with van der Waals surface area (Å²) in [5.74, 6) is -0.985. The van der Waals surface area contributed by atoms with E-state index < -0.39 is 5.92 Å². The number of hydrogen-bond donors (Lipinski definition) is 1. The summed E-state index contributed by atoms with van der Waals surface area (Å²) in [7, 11) is -0.364. The van der Waals surface area contributed by atoms with Crippen molar-refractivity contribution >= 4 is 30.1 Å². The fraction of sp³-hybridized carbons (Fsp3) is 0.500. The molecule has 2 aromatic carbocycles. The van der Waals surface area contributed by atoms with E-state index in [9.17, 15) is 9.59 Å². The van der Waals surface area contributed by atoms with Gasteiger partial charge in [-0.25, -0.2) is 4.39 Å². The van der Waals surface area contributed by atoms with Crippen molar-refractivity contribution < 1.29 is 23.3 Å². The van der Waals surface area contributed by atoms with Crippen molar-refractivity contribution in [3.05, 3.63) is 59.4 Å². The summed E-state index contributed by atoms with van der Waals surface area (Å²) in [4.78, 5) is 25.6. The highest BCUT2D eigenvalue weighted by Crippen LogP contribution is 2.37. The van der Waals surface area contributed by atoms with Crippen LogP contribution in [-0.4, -0.2) is 43.2 Å². The van der Waals surface area contributed by atoms with E-state index in [2.05, 4.69) is 62.2 Å². The maximum absolute atomic E-state index is 15.1. The highest BCUT2D eigenvalue weighted by atomic mass is 19.1. The number of nitrogens with one attached hydrogen (secondary N) is 1. The third kappa shape index (κ3) is 4.69. The molecule has 8 heteroatoms. The van der Waals surface area contributed by atoms with Gasteiger partial charge in [-0.05, 0) is 81.6 Å². The summed E-state index contributed by atoms with van der Waals surface area (Å²) in [6, 6.07) is 13.6. The second-order valence-electron chi connectivity index (χ2n) is 11.2. The lowest BCUT2D eigenvalue weighted by Gasteiger charge is -2.34. The van der Waals surface area contributed by atoms with Gasteiger partial charge >= 0.3 is 7.12 Å². The molecule has 3 saturated heterocycles. The molecule has 0 saturated carbocycles. The van der Waals surface area contributed by atoms with Crippen LogP contribution in [0, 0.1) is 5.82 Å². The van der Waals surface area contributed by atoms with Crippen molar-refractivity contribution in [2.24, 2.45) is 0 Å². The Labute approximate surface area is 212 Å². The van der Waals surface area contributed by atoms with E-state index in [-0.39, 0.29) is 42.4 Å². The molecule has 2 aromatic rings. The van der Waals surface area contributed by atoms with Crippen molar-refractivity contribution in [2.45, 2.75) is 76.4 Å². The number of halogens is 1. The average molecular weight is 492 g/mol. The number of hydrogen-bond acceptors (Lipinski definition) is 5. The molecule has 0 aliphatic carbocycles. The lowest BCUT2D eigenvalue weighted by atomic mass is 9.77. The van der Waals surface area contributed by atoms with E-state index in [1.807, 2.05) is 6.07 Å². The molecule has 1 atom stereocenters. The standard InChI is InChI=1S/C28H34BFN2O4/c1-27(2)28(3,4)36-29(35-27)21-8-5-18(6-9-21)19-13-15-32(16-14-19)24-11-7-20(17-23(24)30)22-10-12-25(33)31-26(22)34/h5-9,11,17,19,22H,10,12-16H2,1-4H3,(H,31,33,34). The molecular weight excluding hydrogens is 458 g/mol. The topological polar surface area (TPSA) is 67.9 Å². The van der Waals surface area contributed by atoms with Crippen molar-refractivity contribution in [1.82, 2.24) is 5.32 Å². The minimum absolute atomic E-state index is 0.265. The smallest absolute Gasteiger partial charge is 0.399 e. The van der Waals surface area contributed by atoms with Gasteiger partial charge in [0.1, 0.15) is 5.82 Å². The summed E-state index contributed by atoms with van der Waals surface area (Å²) >= 11 is 0. The lowest BCUT2D eigenvalue weighted by Crippen LogP contribution is -2.41. The molecule has 0 spiro atoms. The van der Waals surface area contributed by atoms with E-state index >= 15 is 4.39 Å². The number of benzene rings is 2. The number of amides is 2. The highest BCUT2D eigenvalue weighted by molar-refractivity contribution is 6.62. The Kier molecular flexibility index (Phi) is 6.45. The summed E-state index contributed by atoms with van der Waals surface area (Å²) in [6.07, 6.45) is 2.57. The van der Waals surface area contributed by atoms with Gasteiger partial charge in [0.2, 0.25) is 11.8 Å². The largest absolute Gasteiger partial charge is 0.494 e. The van der Waals surface area contributed by atoms with Gasteiger partial charge in [-0.3, -0.25) is 14.9 Å². The molecule has 0 radical (unpaired) electrons. The molecule has 3 aliphatic rings. The van der Waals surface area contributed by atoms with Gasteiger partial charge in [0, 0.05) is 19.5 Å². The molecule has 0 aromatic heterocycles. The second-order valence-corrected chi connectivity index (χ2v) is 11.2. The van der Waals surface area contributed by atoms with Gasteiger partial charge in [0.15, 0.2) is 0 Å². The molecule has 0 bridgehead atoms. The van der Waals surface area contributed by atoms with E-state index in [0.717, 1.165) is 31.4 Å². The van der Waals surface area contributed by atoms with E-state index in [1.54, 1.807) is 6.07 Å². The average Bonchev–Trinajstić information content (AvgIpc) is 3.06. The monoisotopic (exact) mass is 492 g/mol. The number of carbonyl (C=O) groups is 2. The van der Waals surface area contributed by atoms with Crippen molar-refractivity contribution in [2.75, 3.05) is 18.0 Å². The van der Waals surface area contributed by atoms with Crippen molar-refractivity contribution in [3.8, 4) is 0 Å². The molecule has 3 heterocycles. The number of carbonyl (C=O) groups excluding carboxylic acids is 2. The Hall–Kier alpha value is -2.71. The Bertz CT molecular complexity index is 1140. The fourth-order valence-electron chi connectivity index (χ4n) is 5.37. The Morgan fingerprint density at radius 2 is 1.53 bits per heavy atom. The molecule has 5 rings (SSSR count). The molecule has 3 fully saturated rings. The molecular formula is C28H34BFN2O4. The molecule has 3 aliphatic heterocycles. The number of anilines is 1. The number of imide groups is 1. The predicted octanol–water partition coefficient (Wildman–Crippen LogP) is 4.03. The SMILES string of the molecule is CC1(C)OB(c2ccc(C3CCN(c4ccc(C5CCC(=O)NC5=O)cc4F)CC3)cc2)OC1(C)C. The van der Waals surface area contributed by atoms with Crippen LogP contribution in [0.3, 0.4) is 0 Å². The van der Waals surface area contributed by atoms with Crippen LogP contribution < -0.4 is 15.7 Å². The third-order valence-corrected chi connectivity index (χ3v) is 8.38. The number of piperidine rings is 2. The Morgan fingerprint density at radius 3 is 2.11 bits per heavy atom. The maximum atomic E-state index is 15.1. The zero-order valence-electron chi connectivity index (χ0n) is 21.5. The molecule has 190 valence electrons. The van der Waals surface area contributed by atoms with Gasteiger partial charge in [-0.15, -0.1) is 0 Å². The van der Waals surface area contributed by atoms with Crippen LogP contribution >= 0.6 is 0 Å². The van der Waals surface area contributed by atoms with Crippen LogP contribution in [-0.2, 0) is 18.9 Å². The summed E-state index contributed by atoms with van der Waals surface area (Å²) in [5.41, 5.74) is 2.77. The minimum atomic E-state index is -0.475. The van der Waals surface area contributed by atoms with Crippen LogP contribution in [0.25, 0.3) is 0 Å². The molecule has 1 unspecified atom stereocenters. The zero-order chi connectivity index (χ0) is 25.7. The van der Waals surface area contributed by atoms with Crippen molar-refractivity contribution in [3.63, 3.8) is 0 Å². The first kappa shape index (κ1) is 25.0. The summed E-state index contributed by atoms with van der Waals surface area (Å²) in [5, 5.41) is 2.35. The zero-order valence-corrected chi connectivity index (χ0v) is 21.5. The van der Waals surface area contributed by atoms with Gasteiger partial charge in [-0.2, -0.15) is 0 Å². The van der Waals surface area contributed by atoms with Crippen molar-refractivity contribution in [1.29, 1.82) is 0 Å². The van der Waals surface area contributed by atoms with Crippen LogP contribution in [0.4, 0.5) is 10.1 Å². The van der Waals surface area contributed by atoms with Crippen LogP contribution in [0.15, 0.2) is 42.5 Å². The Balaban J connectivity index is 1.20. The van der Waals surface area contributed by atoms with Crippen LogP contribution in [0.1, 0.15) is 76.3 Å². The van der Waals surface area contributed by atoms with Crippen LogP contribution in [0.5, 0.6) is 0 Å². The molecule has 6 nitrogen and oxygen atoms in total. The molecule has 1 N–H and O–H groups in total. The maximum Gasteiger partial charge on any atom is 0.494 e. The fourth-order valence-corrected chi connectivity index (χ4v) is 5.37.